The molecule has 1 atom stereocenters. The maximum atomic E-state index is 12.1. The van der Waals surface area contributed by atoms with Crippen LogP contribution in [0.2, 0.25) is 0 Å². The van der Waals surface area contributed by atoms with Crippen molar-refractivity contribution in [1.29, 1.82) is 0 Å². The largest absolute Gasteiger partial charge is 0.337 e. The summed E-state index contributed by atoms with van der Waals surface area (Å²) in [6.07, 6.45) is 0.164. The van der Waals surface area contributed by atoms with Crippen molar-refractivity contribution in [3.63, 3.8) is 0 Å². The van der Waals surface area contributed by atoms with Crippen LogP contribution in [0.5, 0.6) is 0 Å². The maximum absolute atomic E-state index is 12.1. The van der Waals surface area contributed by atoms with E-state index in [2.05, 4.69) is 26.0 Å². The summed E-state index contributed by atoms with van der Waals surface area (Å²) in [7, 11) is -3.59. The molecular weight excluding hydrogens is 370 g/mol. The fraction of sp³-hybridized carbons (Fsp3) is 0.500. The molecule has 8 heteroatoms. The zero-order chi connectivity index (χ0) is 16.2. The van der Waals surface area contributed by atoms with Crippen LogP contribution < -0.4 is 10.0 Å². The third-order valence-corrected chi connectivity index (χ3v) is 5.51. The van der Waals surface area contributed by atoms with E-state index in [1.807, 2.05) is 6.92 Å². The molecule has 1 fully saturated rings. The molecule has 0 unspecified atom stereocenters. The van der Waals surface area contributed by atoms with Gasteiger partial charge in [-0.3, -0.25) is 4.79 Å². The summed E-state index contributed by atoms with van der Waals surface area (Å²) in [4.78, 5) is 14.1. The molecule has 0 aliphatic carbocycles. The lowest BCUT2D eigenvalue weighted by Gasteiger charge is -2.34. The SMILES string of the molecule is C[C@@H]1CNCCN1C(=O)CCNS(=O)(=O)c1cccc(Br)c1. The monoisotopic (exact) mass is 389 g/mol. The second-order valence-electron chi connectivity index (χ2n) is 5.25. The number of rotatable bonds is 5. The number of piperazine rings is 1. The number of hydrogen-bond acceptors (Lipinski definition) is 4. The van der Waals surface area contributed by atoms with Crippen LogP contribution in [-0.2, 0) is 14.8 Å². The molecular formula is C14H20BrN3O3S. The van der Waals surface area contributed by atoms with Crippen molar-refractivity contribution in [2.45, 2.75) is 24.3 Å². The predicted octanol–water partition coefficient (Wildman–Crippen LogP) is 0.938. The third-order valence-electron chi connectivity index (χ3n) is 3.56. The number of halogens is 1. The van der Waals surface area contributed by atoms with Crippen LogP contribution in [0.3, 0.4) is 0 Å². The van der Waals surface area contributed by atoms with Crippen molar-refractivity contribution in [2.24, 2.45) is 0 Å². The zero-order valence-corrected chi connectivity index (χ0v) is 14.8. The molecule has 1 aliphatic heterocycles. The molecule has 1 aliphatic rings. The molecule has 1 aromatic rings. The number of carbonyl (C=O) groups excluding carboxylic acids is 1. The topological polar surface area (TPSA) is 78.5 Å². The van der Waals surface area contributed by atoms with Gasteiger partial charge < -0.3 is 10.2 Å². The Morgan fingerprint density at radius 1 is 1.50 bits per heavy atom. The standard InChI is InChI=1S/C14H20BrN3O3S/c1-11-10-16-7-8-18(11)14(19)5-6-17-22(20,21)13-4-2-3-12(15)9-13/h2-4,9,11,16-17H,5-8,10H2,1H3/t11-/m1/s1. The normalized spacial score (nSPS) is 19.2. The molecule has 1 saturated heterocycles. The minimum Gasteiger partial charge on any atom is -0.337 e. The minimum absolute atomic E-state index is 0.0223. The first-order valence-corrected chi connectivity index (χ1v) is 9.43. The van der Waals surface area contributed by atoms with Gasteiger partial charge in [0.2, 0.25) is 15.9 Å². The van der Waals surface area contributed by atoms with Crippen LogP contribution in [-0.4, -0.2) is 51.4 Å². The first-order valence-electron chi connectivity index (χ1n) is 7.15. The van der Waals surface area contributed by atoms with E-state index in [4.69, 9.17) is 0 Å². The lowest BCUT2D eigenvalue weighted by molar-refractivity contribution is -0.133. The van der Waals surface area contributed by atoms with Crippen LogP contribution in [0.25, 0.3) is 0 Å². The molecule has 0 bridgehead atoms. The van der Waals surface area contributed by atoms with Gasteiger partial charge in [-0.2, -0.15) is 0 Å². The Labute approximate surface area is 139 Å². The number of amides is 1. The summed E-state index contributed by atoms with van der Waals surface area (Å²) in [5, 5.41) is 3.22. The fourth-order valence-corrected chi connectivity index (χ4v) is 3.99. The molecule has 2 rings (SSSR count). The summed E-state index contributed by atoms with van der Waals surface area (Å²) >= 11 is 3.25. The van der Waals surface area contributed by atoms with E-state index in [1.54, 1.807) is 17.0 Å². The van der Waals surface area contributed by atoms with Crippen molar-refractivity contribution >= 4 is 31.9 Å². The number of benzene rings is 1. The minimum atomic E-state index is -3.59. The van der Waals surface area contributed by atoms with E-state index >= 15 is 0 Å². The summed E-state index contributed by atoms with van der Waals surface area (Å²) in [5.41, 5.74) is 0. The first-order chi connectivity index (χ1) is 10.4. The fourth-order valence-electron chi connectivity index (χ4n) is 2.36. The Kier molecular flexibility index (Phi) is 5.96. The molecule has 1 aromatic carbocycles. The van der Waals surface area contributed by atoms with Gasteiger partial charge in [0, 0.05) is 43.1 Å². The quantitative estimate of drug-likeness (QED) is 0.785. The molecule has 0 spiro atoms. The lowest BCUT2D eigenvalue weighted by Crippen LogP contribution is -2.52. The number of hydrogen-bond donors (Lipinski definition) is 2. The Hall–Kier alpha value is -0.960. The summed E-state index contributed by atoms with van der Waals surface area (Å²) in [6.45, 7) is 4.30. The van der Waals surface area contributed by atoms with Gasteiger partial charge in [-0.1, -0.05) is 22.0 Å². The highest BCUT2D eigenvalue weighted by Gasteiger charge is 2.23. The van der Waals surface area contributed by atoms with Crippen LogP contribution in [0.15, 0.2) is 33.6 Å². The molecule has 22 heavy (non-hydrogen) atoms. The van der Waals surface area contributed by atoms with E-state index in [0.717, 1.165) is 13.1 Å². The maximum Gasteiger partial charge on any atom is 0.240 e. The summed E-state index contributed by atoms with van der Waals surface area (Å²) in [6, 6.07) is 6.61. The molecule has 1 amide bonds. The number of carbonyl (C=O) groups is 1. The molecule has 0 saturated carbocycles. The average molecular weight is 390 g/mol. The first kappa shape index (κ1) is 17.4. The Morgan fingerprint density at radius 2 is 2.27 bits per heavy atom. The number of nitrogens with zero attached hydrogens (tertiary/aromatic N) is 1. The zero-order valence-electron chi connectivity index (χ0n) is 12.4. The van der Waals surface area contributed by atoms with Crippen LogP contribution in [0.1, 0.15) is 13.3 Å². The van der Waals surface area contributed by atoms with Crippen molar-refractivity contribution in [2.75, 3.05) is 26.2 Å². The van der Waals surface area contributed by atoms with Gasteiger partial charge in [0.05, 0.1) is 4.90 Å². The van der Waals surface area contributed by atoms with Gasteiger partial charge in [0.1, 0.15) is 0 Å². The second kappa shape index (κ2) is 7.54. The third kappa shape index (κ3) is 4.52. The predicted molar refractivity (Wildman–Crippen MR) is 88.0 cm³/mol. The van der Waals surface area contributed by atoms with Gasteiger partial charge in [0.25, 0.3) is 0 Å². The van der Waals surface area contributed by atoms with E-state index in [-0.39, 0.29) is 29.8 Å². The summed E-state index contributed by atoms with van der Waals surface area (Å²) in [5.74, 6) is -0.0223. The highest BCUT2D eigenvalue weighted by Crippen LogP contribution is 2.15. The van der Waals surface area contributed by atoms with Gasteiger partial charge in [-0.25, -0.2) is 13.1 Å². The van der Waals surface area contributed by atoms with E-state index < -0.39 is 10.0 Å². The summed E-state index contributed by atoms with van der Waals surface area (Å²) < 4.78 is 27.5. The Morgan fingerprint density at radius 3 is 2.95 bits per heavy atom. The molecule has 2 N–H and O–H groups in total. The number of sulfonamides is 1. The van der Waals surface area contributed by atoms with Gasteiger partial charge >= 0.3 is 0 Å². The van der Waals surface area contributed by atoms with E-state index in [1.165, 1.54) is 12.1 Å². The van der Waals surface area contributed by atoms with Crippen LogP contribution >= 0.6 is 15.9 Å². The van der Waals surface area contributed by atoms with Crippen molar-refractivity contribution < 1.29 is 13.2 Å². The average Bonchev–Trinajstić information content (AvgIpc) is 2.47. The second-order valence-corrected chi connectivity index (χ2v) is 7.93. The smallest absolute Gasteiger partial charge is 0.240 e. The van der Waals surface area contributed by atoms with E-state index in [0.29, 0.717) is 11.0 Å². The highest BCUT2D eigenvalue weighted by molar-refractivity contribution is 9.10. The molecule has 6 nitrogen and oxygen atoms in total. The van der Waals surface area contributed by atoms with Crippen molar-refractivity contribution in [3.05, 3.63) is 28.7 Å². The van der Waals surface area contributed by atoms with Crippen molar-refractivity contribution in [3.8, 4) is 0 Å². The molecule has 1 heterocycles. The molecule has 122 valence electrons. The molecule has 0 aromatic heterocycles. The highest BCUT2D eigenvalue weighted by atomic mass is 79.9. The lowest BCUT2D eigenvalue weighted by atomic mass is 10.2. The van der Waals surface area contributed by atoms with Gasteiger partial charge in [-0.15, -0.1) is 0 Å². The Balaban J connectivity index is 1.88. The number of nitrogens with one attached hydrogen (secondary N) is 2. The molecule has 0 radical (unpaired) electrons. The van der Waals surface area contributed by atoms with E-state index in [9.17, 15) is 13.2 Å². The van der Waals surface area contributed by atoms with Crippen LogP contribution in [0.4, 0.5) is 0 Å². The van der Waals surface area contributed by atoms with Gasteiger partial charge in [0.15, 0.2) is 0 Å². The van der Waals surface area contributed by atoms with Crippen LogP contribution in [0, 0.1) is 0 Å². The van der Waals surface area contributed by atoms with Gasteiger partial charge in [-0.05, 0) is 25.1 Å². The Bertz CT molecular complexity index is 636. The van der Waals surface area contributed by atoms with Crippen molar-refractivity contribution in [1.82, 2.24) is 14.9 Å².